The fourth-order valence-corrected chi connectivity index (χ4v) is 1.36. The quantitative estimate of drug-likeness (QED) is 0.535. The van der Waals surface area contributed by atoms with Gasteiger partial charge in [-0.25, -0.2) is 8.42 Å². The van der Waals surface area contributed by atoms with Gasteiger partial charge in [0.2, 0.25) is 5.91 Å². The second-order valence-electron chi connectivity index (χ2n) is 2.88. The molecule has 0 atom stereocenters. The van der Waals surface area contributed by atoms with E-state index in [1.165, 1.54) is 0 Å². The summed E-state index contributed by atoms with van der Waals surface area (Å²) < 4.78 is 21.3. The Bertz CT molecular complexity index is 248. The summed E-state index contributed by atoms with van der Waals surface area (Å²) >= 11 is 0. The van der Waals surface area contributed by atoms with E-state index in [0.29, 0.717) is 6.54 Å². The van der Waals surface area contributed by atoms with Crippen LogP contribution in [-0.4, -0.2) is 46.5 Å². The van der Waals surface area contributed by atoms with Crippen molar-refractivity contribution in [3.05, 3.63) is 0 Å². The Morgan fingerprint density at radius 1 is 1.31 bits per heavy atom. The monoisotopic (exact) mass is 208 g/mol. The molecule has 1 amide bonds. The lowest BCUT2D eigenvalue weighted by atomic mass is 10.4. The minimum Gasteiger partial charge on any atom is -0.355 e. The normalized spacial score (nSPS) is 11.2. The Hall–Kier alpha value is -0.620. The molecule has 0 saturated heterocycles. The largest absolute Gasteiger partial charge is 0.355 e. The molecule has 0 saturated carbocycles. The van der Waals surface area contributed by atoms with E-state index in [9.17, 15) is 13.2 Å². The van der Waals surface area contributed by atoms with E-state index >= 15 is 0 Å². The van der Waals surface area contributed by atoms with Crippen LogP contribution in [0.3, 0.4) is 0 Å². The first-order valence-corrected chi connectivity index (χ1v) is 6.11. The van der Waals surface area contributed by atoms with Crippen molar-refractivity contribution >= 4 is 15.7 Å². The van der Waals surface area contributed by atoms with Gasteiger partial charge < -0.3 is 10.6 Å². The highest BCUT2D eigenvalue weighted by Gasteiger charge is 2.09. The van der Waals surface area contributed by atoms with Crippen molar-refractivity contribution in [1.82, 2.24) is 10.6 Å². The zero-order chi connectivity index (χ0) is 10.3. The van der Waals surface area contributed by atoms with Gasteiger partial charge in [0.25, 0.3) is 0 Å². The Morgan fingerprint density at radius 3 is 2.38 bits per heavy atom. The third kappa shape index (κ3) is 9.29. The van der Waals surface area contributed by atoms with Crippen molar-refractivity contribution < 1.29 is 13.2 Å². The number of carbonyl (C=O) groups is 1. The molecule has 0 fully saturated rings. The molecule has 0 aromatic rings. The van der Waals surface area contributed by atoms with Crippen LogP contribution in [0.4, 0.5) is 0 Å². The van der Waals surface area contributed by atoms with Crippen LogP contribution in [0.5, 0.6) is 0 Å². The smallest absolute Gasteiger partial charge is 0.235 e. The first-order chi connectivity index (χ1) is 5.95. The molecule has 5 nitrogen and oxygen atoms in total. The highest BCUT2D eigenvalue weighted by molar-refractivity contribution is 7.91. The zero-order valence-electron chi connectivity index (χ0n) is 7.96. The van der Waals surface area contributed by atoms with Gasteiger partial charge in [0, 0.05) is 12.8 Å². The highest BCUT2D eigenvalue weighted by atomic mass is 32.2. The van der Waals surface area contributed by atoms with E-state index in [4.69, 9.17) is 0 Å². The van der Waals surface area contributed by atoms with Gasteiger partial charge >= 0.3 is 0 Å². The minimum atomic E-state index is -3.19. The Morgan fingerprint density at radius 2 is 1.92 bits per heavy atom. The fourth-order valence-electron chi connectivity index (χ4n) is 0.782. The predicted molar refractivity (Wildman–Crippen MR) is 51.3 cm³/mol. The van der Waals surface area contributed by atoms with Crippen LogP contribution in [0.25, 0.3) is 0 Å². The number of hydrogen-bond acceptors (Lipinski definition) is 4. The first-order valence-electron chi connectivity index (χ1n) is 4.05. The maximum atomic E-state index is 10.9. The average molecular weight is 208 g/mol. The summed E-state index contributed by atoms with van der Waals surface area (Å²) in [7, 11) is -1.38. The average Bonchev–Trinajstić information content (AvgIpc) is 1.94. The van der Waals surface area contributed by atoms with Gasteiger partial charge in [0.15, 0.2) is 9.84 Å². The topological polar surface area (TPSA) is 75.3 Å². The summed E-state index contributed by atoms with van der Waals surface area (Å²) in [5.74, 6) is -0.856. The van der Waals surface area contributed by atoms with E-state index in [1.54, 1.807) is 0 Å². The van der Waals surface area contributed by atoms with Gasteiger partial charge in [-0.3, -0.25) is 4.79 Å². The standard InChI is InChI=1S/C7H16N2O3S/c1-8-4-3-5-9-7(10)6-13(2,11)12/h8H,3-6H2,1-2H3,(H,9,10). The second-order valence-corrected chi connectivity index (χ2v) is 5.02. The molecule has 0 aliphatic heterocycles. The molecule has 0 spiro atoms. The van der Waals surface area contributed by atoms with Crippen LogP contribution >= 0.6 is 0 Å². The van der Waals surface area contributed by atoms with Crippen LogP contribution in [0.1, 0.15) is 6.42 Å². The lowest BCUT2D eigenvalue weighted by Gasteiger charge is -2.03. The van der Waals surface area contributed by atoms with Gasteiger partial charge in [0.05, 0.1) is 0 Å². The van der Waals surface area contributed by atoms with Crippen LogP contribution in [0.15, 0.2) is 0 Å². The number of amides is 1. The Balaban J connectivity index is 3.53. The van der Waals surface area contributed by atoms with Crippen molar-refractivity contribution in [3.8, 4) is 0 Å². The van der Waals surface area contributed by atoms with Gasteiger partial charge in [0.1, 0.15) is 5.75 Å². The molecule has 0 rings (SSSR count). The molecule has 0 aromatic carbocycles. The molecule has 0 aliphatic rings. The zero-order valence-corrected chi connectivity index (χ0v) is 8.78. The third-order valence-electron chi connectivity index (χ3n) is 1.32. The van der Waals surface area contributed by atoms with Crippen molar-refractivity contribution in [2.45, 2.75) is 6.42 Å². The van der Waals surface area contributed by atoms with Crippen molar-refractivity contribution in [1.29, 1.82) is 0 Å². The number of carbonyl (C=O) groups excluding carboxylic acids is 1. The summed E-state index contributed by atoms with van der Waals surface area (Å²) in [6.07, 6.45) is 1.84. The summed E-state index contributed by atoms with van der Waals surface area (Å²) in [5, 5.41) is 5.44. The SMILES string of the molecule is CNCCCNC(=O)CS(C)(=O)=O. The molecule has 6 heteroatoms. The second kappa shape index (κ2) is 5.93. The predicted octanol–water partition coefficient (Wildman–Crippen LogP) is -1.24. The molecule has 0 unspecified atom stereocenters. The lowest BCUT2D eigenvalue weighted by Crippen LogP contribution is -2.31. The molecule has 0 bridgehead atoms. The van der Waals surface area contributed by atoms with Crippen LogP contribution < -0.4 is 10.6 Å². The summed E-state index contributed by atoms with van der Waals surface area (Å²) in [5.41, 5.74) is 0. The van der Waals surface area contributed by atoms with E-state index in [2.05, 4.69) is 10.6 Å². The molecule has 13 heavy (non-hydrogen) atoms. The van der Waals surface area contributed by atoms with Crippen molar-refractivity contribution in [2.75, 3.05) is 32.1 Å². The summed E-state index contributed by atoms with van der Waals surface area (Å²) in [6.45, 7) is 1.31. The highest BCUT2D eigenvalue weighted by Crippen LogP contribution is 1.82. The third-order valence-corrected chi connectivity index (χ3v) is 2.11. The van der Waals surface area contributed by atoms with E-state index in [1.807, 2.05) is 7.05 Å². The van der Waals surface area contributed by atoms with Crippen LogP contribution in [0.2, 0.25) is 0 Å². The fraction of sp³-hybridized carbons (Fsp3) is 0.857. The van der Waals surface area contributed by atoms with Gasteiger partial charge in [-0.05, 0) is 20.0 Å². The van der Waals surface area contributed by atoms with Crippen LogP contribution in [-0.2, 0) is 14.6 Å². The van der Waals surface area contributed by atoms with E-state index in [-0.39, 0.29) is 0 Å². The Labute approximate surface area is 78.8 Å². The first kappa shape index (κ1) is 12.4. The molecule has 78 valence electrons. The van der Waals surface area contributed by atoms with Gasteiger partial charge in [-0.15, -0.1) is 0 Å². The number of hydrogen-bond donors (Lipinski definition) is 2. The number of sulfone groups is 1. The summed E-state index contributed by atoms with van der Waals surface area (Å²) in [4.78, 5) is 10.9. The Kier molecular flexibility index (Phi) is 5.65. The van der Waals surface area contributed by atoms with E-state index in [0.717, 1.165) is 19.2 Å². The molecule has 0 radical (unpaired) electrons. The van der Waals surface area contributed by atoms with E-state index < -0.39 is 21.5 Å². The van der Waals surface area contributed by atoms with Gasteiger partial charge in [-0.1, -0.05) is 0 Å². The molecular weight excluding hydrogens is 192 g/mol. The maximum absolute atomic E-state index is 10.9. The van der Waals surface area contributed by atoms with Gasteiger partial charge in [-0.2, -0.15) is 0 Å². The molecule has 0 aromatic heterocycles. The number of rotatable bonds is 6. The molecule has 0 heterocycles. The number of nitrogens with one attached hydrogen (secondary N) is 2. The molecular formula is C7H16N2O3S. The van der Waals surface area contributed by atoms with Crippen molar-refractivity contribution in [3.63, 3.8) is 0 Å². The van der Waals surface area contributed by atoms with Crippen molar-refractivity contribution in [2.24, 2.45) is 0 Å². The summed E-state index contributed by atoms with van der Waals surface area (Å²) in [6, 6.07) is 0. The molecule has 0 aliphatic carbocycles. The lowest BCUT2D eigenvalue weighted by molar-refractivity contribution is -0.118. The van der Waals surface area contributed by atoms with Crippen LogP contribution in [0, 0.1) is 0 Å². The maximum Gasteiger partial charge on any atom is 0.235 e. The molecule has 2 N–H and O–H groups in total. The minimum absolute atomic E-state index is 0.424.